The molecule has 0 bridgehead atoms. The number of hydrogen-bond acceptors (Lipinski definition) is 3. The van der Waals surface area contributed by atoms with E-state index in [4.69, 9.17) is 9.47 Å². The zero-order chi connectivity index (χ0) is 13.8. The third kappa shape index (κ3) is 4.59. The Bertz CT molecular complexity index is 389. The molecule has 0 radical (unpaired) electrons. The van der Waals surface area contributed by atoms with Crippen LogP contribution in [0, 0.1) is 0 Å². The Hall–Kier alpha value is -0.580. The van der Waals surface area contributed by atoms with Crippen molar-refractivity contribution in [3.63, 3.8) is 0 Å². The van der Waals surface area contributed by atoms with Gasteiger partial charge in [-0.2, -0.15) is 0 Å². The fourth-order valence-corrected chi connectivity index (χ4v) is 1.86. The summed E-state index contributed by atoms with van der Waals surface area (Å²) >= 11 is 3.39. The largest absolute Gasteiger partial charge is 0.493 e. The molecule has 0 spiro atoms. The van der Waals surface area contributed by atoms with Crippen LogP contribution in [-0.4, -0.2) is 24.4 Å². The Morgan fingerprint density at radius 3 is 2.61 bits per heavy atom. The Morgan fingerprint density at radius 1 is 1.39 bits per heavy atom. The number of aliphatic hydroxyl groups excluding tert-OH is 1. The van der Waals surface area contributed by atoms with Crippen molar-refractivity contribution in [1.82, 2.24) is 0 Å². The van der Waals surface area contributed by atoms with Crippen LogP contribution in [0.3, 0.4) is 0 Å². The number of hydrogen-bond donors (Lipinski definition) is 1. The van der Waals surface area contributed by atoms with E-state index >= 15 is 0 Å². The van der Waals surface area contributed by atoms with E-state index in [9.17, 15) is 5.11 Å². The van der Waals surface area contributed by atoms with Crippen LogP contribution >= 0.6 is 15.9 Å². The van der Waals surface area contributed by atoms with Gasteiger partial charge in [0.1, 0.15) is 5.75 Å². The molecule has 0 aliphatic rings. The zero-order valence-electron chi connectivity index (χ0n) is 11.4. The van der Waals surface area contributed by atoms with Crippen LogP contribution in [0.2, 0.25) is 0 Å². The van der Waals surface area contributed by atoms with Crippen molar-refractivity contribution in [2.24, 2.45) is 0 Å². The molecule has 0 aliphatic carbocycles. The summed E-state index contributed by atoms with van der Waals surface area (Å²) in [6, 6.07) is 5.65. The van der Waals surface area contributed by atoms with E-state index in [0.717, 1.165) is 22.2 Å². The van der Waals surface area contributed by atoms with E-state index in [1.165, 1.54) is 0 Å². The molecule has 3 nitrogen and oxygen atoms in total. The first kappa shape index (κ1) is 15.5. The molecule has 1 atom stereocenters. The van der Waals surface area contributed by atoms with Crippen molar-refractivity contribution in [1.29, 1.82) is 0 Å². The van der Waals surface area contributed by atoms with Gasteiger partial charge in [0, 0.05) is 23.6 Å². The maximum absolute atomic E-state index is 9.71. The molecule has 0 aliphatic heterocycles. The van der Waals surface area contributed by atoms with Gasteiger partial charge in [-0.15, -0.1) is 0 Å². The number of aliphatic hydroxyl groups is 1. The van der Waals surface area contributed by atoms with Crippen LogP contribution in [0.4, 0.5) is 0 Å². The SMILES string of the molecule is COC(C)(C)CCOc1ccc(Br)cc1C(C)O. The van der Waals surface area contributed by atoms with Crippen LogP contribution in [0.15, 0.2) is 22.7 Å². The summed E-state index contributed by atoms with van der Waals surface area (Å²) in [5, 5.41) is 9.71. The van der Waals surface area contributed by atoms with Crippen LogP contribution in [0.25, 0.3) is 0 Å². The van der Waals surface area contributed by atoms with E-state index in [2.05, 4.69) is 15.9 Å². The molecular formula is C14H21BrO3. The summed E-state index contributed by atoms with van der Waals surface area (Å²) in [6.45, 7) is 6.33. The van der Waals surface area contributed by atoms with Gasteiger partial charge in [-0.05, 0) is 39.0 Å². The number of rotatable bonds is 6. The number of halogens is 1. The summed E-state index contributed by atoms with van der Waals surface area (Å²) in [5.41, 5.74) is 0.597. The third-order valence-electron chi connectivity index (χ3n) is 2.94. The van der Waals surface area contributed by atoms with Gasteiger partial charge in [-0.1, -0.05) is 15.9 Å². The first-order valence-electron chi connectivity index (χ1n) is 6.01. The quantitative estimate of drug-likeness (QED) is 0.869. The minimum atomic E-state index is -0.548. The summed E-state index contributed by atoms with van der Waals surface area (Å²) in [6.07, 6.45) is 0.242. The summed E-state index contributed by atoms with van der Waals surface area (Å²) in [5.74, 6) is 0.722. The smallest absolute Gasteiger partial charge is 0.125 e. The molecule has 18 heavy (non-hydrogen) atoms. The van der Waals surface area contributed by atoms with Crippen molar-refractivity contribution < 1.29 is 14.6 Å². The second-order valence-electron chi connectivity index (χ2n) is 4.92. The Balaban J connectivity index is 2.67. The van der Waals surface area contributed by atoms with Crippen LogP contribution < -0.4 is 4.74 Å². The average Bonchev–Trinajstić information content (AvgIpc) is 2.30. The second kappa shape index (κ2) is 6.55. The lowest BCUT2D eigenvalue weighted by Crippen LogP contribution is -2.25. The molecule has 1 aromatic rings. The maximum atomic E-state index is 9.71. The summed E-state index contributed by atoms with van der Waals surface area (Å²) in [4.78, 5) is 0. The normalized spacial score (nSPS) is 13.4. The zero-order valence-corrected chi connectivity index (χ0v) is 13.0. The van der Waals surface area contributed by atoms with E-state index in [0.29, 0.717) is 6.61 Å². The minimum Gasteiger partial charge on any atom is -0.493 e. The van der Waals surface area contributed by atoms with Crippen molar-refractivity contribution in [2.45, 2.75) is 38.9 Å². The van der Waals surface area contributed by atoms with Crippen molar-refractivity contribution >= 4 is 15.9 Å². The average molecular weight is 317 g/mol. The van der Waals surface area contributed by atoms with Crippen LogP contribution in [-0.2, 0) is 4.74 Å². The van der Waals surface area contributed by atoms with Gasteiger partial charge in [0.2, 0.25) is 0 Å². The lowest BCUT2D eigenvalue weighted by Gasteiger charge is -2.23. The van der Waals surface area contributed by atoms with Crippen LogP contribution in [0.5, 0.6) is 5.75 Å². The highest BCUT2D eigenvalue weighted by Gasteiger charge is 2.17. The van der Waals surface area contributed by atoms with Crippen molar-refractivity contribution in [2.75, 3.05) is 13.7 Å². The molecule has 1 aromatic carbocycles. The van der Waals surface area contributed by atoms with E-state index in [-0.39, 0.29) is 5.60 Å². The second-order valence-corrected chi connectivity index (χ2v) is 5.84. The predicted octanol–water partition coefficient (Wildman–Crippen LogP) is 3.70. The third-order valence-corrected chi connectivity index (χ3v) is 3.43. The monoisotopic (exact) mass is 316 g/mol. The van der Waals surface area contributed by atoms with Crippen molar-refractivity contribution in [3.8, 4) is 5.75 Å². The molecule has 0 aromatic heterocycles. The molecule has 0 heterocycles. The predicted molar refractivity (Wildman–Crippen MR) is 76.0 cm³/mol. The molecular weight excluding hydrogens is 296 g/mol. The topological polar surface area (TPSA) is 38.7 Å². The summed E-state index contributed by atoms with van der Waals surface area (Å²) in [7, 11) is 1.70. The van der Waals surface area contributed by atoms with Gasteiger partial charge in [-0.3, -0.25) is 0 Å². The van der Waals surface area contributed by atoms with E-state index in [1.54, 1.807) is 14.0 Å². The fraction of sp³-hybridized carbons (Fsp3) is 0.571. The van der Waals surface area contributed by atoms with E-state index < -0.39 is 6.10 Å². The molecule has 0 amide bonds. The highest BCUT2D eigenvalue weighted by molar-refractivity contribution is 9.10. The molecule has 1 rings (SSSR count). The molecule has 102 valence electrons. The number of benzene rings is 1. The molecule has 0 fully saturated rings. The Morgan fingerprint density at radius 2 is 2.06 bits per heavy atom. The molecule has 4 heteroatoms. The van der Waals surface area contributed by atoms with Crippen molar-refractivity contribution in [3.05, 3.63) is 28.2 Å². The first-order chi connectivity index (χ1) is 8.35. The lowest BCUT2D eigenvalue weighted by atomic mass is 10.1. The Labute approximate surface area is 117 Å². The van der Waals surface area contributed by atoms with Crippen LogP contribution in [0.1, 0.15) is 38.9 Å². The minimum absolute atomic E-state index is 0.194. The number of methoxy groups -OCH3 is 1. The Kier molecular flexibility index (Phi) is 5.63. The van der Waals surface area contributed by atoms with Gasteiger partial charge in [0.15, 0.2) is 0 Å². The van der Waals surface area contributed by atoms with Gasteiger partial charge in [-0.25, -0.2) is 0 Å². The van der Waals surface area contributed by atoms with Gasteiger partial charge < -0.3 is 14.6 Å². The van der Waals surface area contributed by atoms with E-state index in [1.807, 2.05) is 32.0 Å². The van der Waals surface area contributed by atoms with Gasteiger partial charge in [0.05, 0.1) is 18.3 Å². The molecule has 0 saturated heterocycles. The first-order valence-corrected chi connectivity index (χ1v) is 6.80. The highest BCUT2D eigenvalue weighted by atomic mass is 79.9. The lowest BCUT2D eigenvalue weighted by molar-refractivity contribution is 0.00522. The molecule has 1 N–H and O–H groups in total. The van der Waals surface area contributed by atoms with Gasteiger partial charge in [0.25, 0.3) is 0 Å². The maximum Gasteiger partial charge on any atom is 0.125 e. The van der Waals surface area contributed by atoms with Gasteiger partial charge >= 0.3 is 0 Å². The fourth-order valence-electron chi connectivity index (χ4n) is 1.49. The summed E-state index contributed by atoms with van der Waals surface area (Å²) < 4.78 is 12.0. The molecule has 0 saturated carbocycles. The highest BCUT2D eigenvalue weighted by Crippen LogP contribution is 2.29. The number of ether oxygens (including phenoxy) is 2. The standard InChI is InChI=1S/C14H21BrO3/c1-10(16)12-9-11(15)5-6-13(12)18-8-7-14(2,3)17-4/h5-6,9-10,16H,7-8H2,1-4H3. The molecule has 1 unspecified atom stereocenters.